The van der Waals surface area contributed by atoms with Crippen molar-refractivity contribution in [2.45, 2.75) is 77.4 Å². The van der Waals surface area contributed by atoms with Crippen molar-refractivity contribution in [1.29, 1.82) is 0 Å². The van der Waals surface area contributed by atoms with Gasteiger partial charge in [-0.1, -0.05) is 25.5 Å². The maximum absolute atomic E-state index is 10.5. The molecule has 0 aliphatic heterocycles. The molecule has 4 rings (SSSR count). The molecular formula is C19H30O2. The highest BCUT2D eigenvalue weighted by Gasteiger charge is 2.58. The van der Waals surface area contributed by atoms with Crippen LogP contribution in [0.3, 0.4) is 0 Å². The molecule has 0 aromatic rings. The van der Waals surface area contributed by atoms with Crippen molar-refractivity contribution in [3.63, 3.8) is 0 Å². The van der Waals surface area contributed by atoms with Crippen LogP contribution in [0.25, 0.3) is 0 Å². The molecule has 0 radical (unpaired) electrons. The van der Waals surface area contributed by atoms with E-state index in [2.05, 4.69) is 19.9 Å². The number of fused-ring (bicyclic) bond motifs is 5. The van der Waals surface area contributed by atoms with Crippen LogP contribution in [0.4, 0.5) is 0 Å². The number of rotatable bonds is 0. The van der Waals surface area contributed by atoms with E-state index in [0.29, 0.717) is 5.41 Å². The number of allylic oxidation sites excluding steroid dienone is 1. The third-order valence-electron chi connectivity index (χ3n) is 8.04. The van der Waals surface area contributed by atoms with Gasteiger partial charge >= 0.3 is 0 Å². The van der Waals surface area contributed by atoms with E-state index in [1.807, 2.05) is 0 Å². The summed E-state index contributed by atoms with van der Waals surface area (Å²) in [6.07, 6.45) is 11.2. The molecule has 0 saturated heterocycles. The highest BCUT2D eigenvalue weighted by Crippen LogP contribution is 2.65. The summed E-state index contributed by atoms with van der Waals surface area (Å²) in [5.74, 6) is 2.32. The first-order chi connectivity index (χ1) is 9.95. The maximum atomic E-state index is 10.5. The highest BCUT2D eigenvalue weighted by atomic mass is 16.3. The molecule has 2 nitrogen and oxygen atoms in total. The molecule has 2 heteroatoms. The van der Waals surface area contributed by atoms with E-state index in [4.69, 9.17) is 0 Å². The summed E-state index contributed by atoms with van der Waals surface area (Å²) in [4.78, 5) is 0. The van der Waals surface area contributed by atoms with Crippen LogP contribution in [0.15, 0.2) is 11.6 Å². The maximum Gasteiger partial charge on any atom is 0.0724 e. The summed E-state index contributed by atoms with van der Waals surface area (Å²) in [7, 11) is 0. The van der Waals surface area contributed by atoms with Gasteiger partial charge in [-0.05, 0) is 80.0 Å². The van der Waals surface area contributed by atoms with Crippen molar-refractivity contribution in [2.75, 3.05) is 0 Å². The molecule has 3 fully saturated rings. The van der Waals surface area contributed by atoms with Crippen LogP contribution in [0.5, 0.6) is 0 Å². The lowest BCUT2D eigenvalue weighted by Gasteiger charge is -2.58. The summed E-state index contributed by atoms with van der Waals surface area (Å²) in [6.45, 7) is 4.82. The quantitative estimate of drug-likeness (QED) is 0.668. The standard InChI is InChI=1S/C19H30O2/c1-18-9-7-13(20)11-12(18)3-4-14-15-5-6-17(21)19(15,2)10-8-16(14)18/h11,13-17,20-21H,3-10H2,1-2H3/t13-,14-,15-,16-,17?,18-,19-/m0/s1. The van der Waals surface area contributed by atoms with Gasteiger partial charge in [0.15, 0.2) is 0 Å². The Balaban J connectivity index is 1.67. The monoisotopic (exact) mass is 290 g/mol. The Bertz CT molecular complexity index is 470. The third kappa shape index (κ3) is 1.84. The molecule has 7 atom stereocenters. The smallest absolute Gasteiger partial charge is 0.0724 e. The van der Waals surface area contributed by atoms with Crippen molar-refractivity contribution in [3.8, 4) is 0 Å². The lowest BCUT2D eigenvalue weighted by atomic mass is 9.47. The molecule has 0 amide bonds. The molecule has 2 N–H and O–H groups in total. The Labute approximate surface area is 128 Å². The molecule has 0 aromatic heterocycles. The number of aliphatic hydroxyl groups excluding tert-OH is 2. The molecule has 3 saturated carbocycles. The Morgan fingerprint density at radius 3 is 2.57 bits per heavy atom. The van der Waals surface area contributed by atoms with Gasteiger partial charge in [0, 0.05) is 0 Å². The van der Waals surface area contributed by atoms with Crippen molar-refractivity contribution in [1.82, 2.24) is 0 Å². The van der Waals surface area contributed by atoms with E-state index in [-0.39, 0.29) is 17.6 Å². The van der Waals surface area contributed by atoms with Crippen LogP contribution in [0.1, 0.15) is 65.2 Å². The van der Waals surface area contributed by atoms with Crippen LogP contribution in [0, 0.1) is 28.6 Å². The van der Waals surface area contributed by atoms with Gasteiger partial charge in [-0.3, -0.25) is 0 Å². The molecule has 4 aliphatic rings. The molecular weight excluding hydrogens is 260 g/mol. The predicted octanol–water partition coefficient (Wildman–Crippen LogP) is 3.67. The van der Waals surface area contributed by atoms with Gasteiger partial charge in [0.2, 0.25) is 0 Å². The number of hydrogen-bond acceptors (Lipinski definition) is 2. The van der Waals surface area contributed by atoms with E-state index in [0.717, 1.165) is 37.0 Å². The normalized spacial score (nSPS) is 56.2. The average molecular weight is 290 g/mol. The largest absolute Gasteiger partial charge is 0.393 e. The molecule has 21 heavy (non-hydrogen) atoms. The molecule has 118 valence electrons. The first-order valence-electron chi connectivity index (χ1n) is 9.02. The Morgan fingerprint density at radius 2 is 1.76 bits per heavy atom. The zero-order valence-electron chi connectivity index (χ0n) is 13.5. The van der Waals surface area contributed by atoms with E-state index in [1.54, 1.807) is 5.57 Å². The van der Waals surface area contributed by atoms with Gasteiger partial charge in [0.1, 0.15) is 0 Å². The predicted molar refractivity (Wildman–Crippen MR) is 83.7 cm³/mol. The highest BCUT2D eigenvalue weighted by molar-refractivity contribution is 5.25. The van der Waals surface area contributed by atoms with E-state index < -0.39 is 0 Å². The van der Waals surface area contributed by atoms with Gasteiger partial charge in [-0.2, -0.15) is 0 Å². The zero-order chi connectivity index (χ0) is 14.8. The Kier molecular flexibility index (Phi) is 3.11. The Hall–Kier alpha value is -0.340. The molecule has 0 bridgehead atoms. The minimum absolute atomic E-state index is 0.0682. The SMILES string of the molecule is C[C@]12CC[C@H](O)C=C1CC[C@@H]1[C@@H]2CC[C@]2(C)C(O)CC[C@@H]12. The first kappa shape index (κ1) is 14.3. The fourth-order valence-corrected chi connectivity index (χ4v) is 6.68. The van der Waals surface area contributed by atoms with Crippen LogP contribution in [-0.4, -0.2) is 22.4 Å². The van der Waals surface area contributed by atoms with Crippen molar-refractivity contribution in [2.24, 2.45) is 28.6 Å². The molecule has 0 aromatic carbocycles. The van der Waals surface area contributed by atoms with E-state index >= 15 is 0 Å². The first-order valence-corrected chi connectivity index (χ1v) is 9.02. The molecule has 1 unspecified atom stereocenters. The van der Waals surface area contributed by atoms with Gasteiger partial charge in [0.25, 0.3) is 0 Å². The minimum Gasteiger partial charge on any atom is -0.393 e. The summed E-state index contributed by atoms with van der Waals surface area (Å²) >= 11 is 0. The fourth-order valence-electron chi connectivity index (χ4n) is 6.68. The minimum atomic E-state index is -0.202. The third-order valence-corrected chi connectivity index (χ3v) is 8.04. The zero-order valence-corrected chi connectivity index (χ0v) is 13.5. The summed E-state index contributed by atoms with van der Waals surface area (Å²) in [5, 5.41) is 20.4. The van der Waals surface area contributed by atoms with Gasteiger partial charge in [-0.15, -0.1) is 0 Å². The second-order valence-electron chi connectivity index (χ2n) is 8.77. The fraction of sp³-hybridized carbons (Fsp3) is 0.895. The molecule has 0 heterocycles. The van der Waals surface area contributed by atoms with Gasteiger partial charge in [0.05, 0.1) is 12.2 Å². The summed E-state index contributed by atoms with van der Waals surface area (Å²) in [5.41, 5.74) is 2.06. The summed E-state index contributed by atoms with van der Waals surface area (Å²) < 4.78 is 0. The van der Waals surface area contributed by atoms with E-state index in [9.17, 15) is 10.2 Å². The molecule has 0 spiro atoms. The topological polar surface area (TPSA) is 40.5 Å². The van der Waals surface area contributed by atoms with Crippen LogP contribution >= 0.6 is 0 Å². The number of hydrogen-bond donors (Lipinski definition) is 2. The average Bonchev–Trinajstić information content (AvgIpc) is 2.76. The van der Waals surface area contributed by atoms with Gasteiger partial charge < -0.3 is 10.2 Å². The molecule has 4 aliphatic carbocycles. The van der Waals surface area contributed by atoms with Crippen molar-refractivity contribution >= 4 is 0 Å². The van der Waals surface area contributed by atoms with Crippen LogP contribution in [0.2, 0.25) is 0 Å². The van der Waals surface area contributed by atoms with Crippen molar-refractivity contribution < 1.29 is 10.2 Å². The summed E-state index contributed by atoms with van der Waals surface area (Å²) in [6, 6.07) is 0. The van der Waals surface area contributed by atoms with E-state index in [1.165, 1.54) is 32.1 Å². The van der Waals surface area contributed by atoms with Crippen molar-refractivity contribution in [3.05, 3.63) is 11.6 Å². The second kappa shape index (κ2) is 4.58. The van der Waals surface area contributed by atoms with Crippen LogP contribution in [-0.2, 0) is 0 Å². The lowest BCUT2D eigenvalue weighted by Crippen LogP contribution is -2.51. The second-order valence-corrected chi connectivity index (χ2v) is 8.77. The lowest BCUT2D eigenvalue weighted by molar-refractivity contribution is -0.0761. The van der Waals surface area contributed by atoms with Gasteiger partial charge in [-0.25, -0.2) is 0 Å². The van der Waals surface area contributed by atoms with Crippen LogP contribution < -0.4 is 0 Å². The number of aliphatic hydroxyl groups is 2. The Morgan fingerprint density at radius 1 is 0.952 bits per heavy atom.